The molecular formula is C12H17N3O3. The maximum Gasteiger partial charge on any atom is 0.354 e. The number of aliphatic imine (C=N–C) groups is 1. The van der Waals surface area contributed by atoms with E-state index in [0.29, 0.717) is 5.84 Å². The van der Waals surface area contributed by atoms with Crippen LogP contribution in [0.4, 0.5) is 0 Å². The van der Waals surface area contributed by atoms with E-state index in [9.17, 15) is 9.90 Å². The van der Waals surface area contributed by atoms with Gasteiger partial charge in [-0.05, 0) is 19.8 Å². The Balaban J connectivity index is 2.95. The molecule has 1 fully saturated rings. The molecule has 1 rings (SSSR count). The summed E-state index contributed by atoms with van der Waals surface area (Å²) in [6, 6.07) is 1.62. The molecule has 6 nitrogen and oxygen atoms in total. The molecule has 1 N–H and O–H groups in total. The molecule has 0 aliphatic carbocycles. The fourth-order valence-electron chi connectivity index (χ4n) is 1.66. The van der Waals surface area contributed by atoms with Crippen molar-refractivity contribution in [1.82, 2.24) is 4.90 Å². The van der Waals surface area contributed by atoms with Crippen LogP contribution in [0.5, 0.6) is 0 Å². The number of aliphatic hydroxyl groups is 1. The number of piperidine rings is 1. The van der Waals surface area contributed by atoms with E-state index in [-0.39, 0.29) is 6.61 Å². The summed E-state index contributed by atoms with van der Waals surface area (Å²) in [5.41, 5.74) is -0.455. The lowest BCUT2D eigenvalue weighted by atomic mass is 10.1. The first kappa shape index (κ1) is 14.0. The Bertz CT molecular complexity index is 421. The Hall–Kier alpha value is -2.03. The topological polar surface area (TPSA) is 85.9 Å². The average molecular weight is 251 g/mol. The minimum atomic E-state index is -0.847. The summed E-state index contributed by atoms with van der Waals surface area (Å²) in [5, 5.41) is 18.6. The molecule has 1 aliphatic rings. The molecular weight excluding hydrogens is 234 g/mol. The summed E-state index contributed by atoms with van der Waals surface area (Å²) in [6.07, 6.45) is 2.78. The number of likely N-dealkylation sites (tertiary alicyclic amines) is 1. The van der Waals surface area contributed by atoms with Crippen LogP contribution >= 0.6 is 0 Å². The highest BCUT2D eigenvalue weighted by molar-refractivity contribution is 5.94. The maximum absolute atomic E-state index is 11.4. The van der Waals surface area contributed by atoms with Crippen molar-refractivity contribution in [2.75, 3.05) is 20.2 Å². The van der Waals surface area contributed by atoms with Crippen LogP contribution in [0.1, 0.15) is 26.2 Å². The van der Waals surface area contributed by atoms with Gasteiger partial charge < -0.3 is 14.7 Å². The van der Waals surface area contributed by atoms with Crippen molar-refractivity contribution in [2.45, 2.75) is 26.2 Å². The minimum Gasteiger partial charge on any atom is -0.492 e. The molecule has 0 aromatic carbocycles. The van der Waals surface area contributed by atoms with Gasteiger partial charge in [-0.1, -0.05) is 0 Å². The van der Waals surface area contributed by atoms with Gasteiger partial charge in [0.1, 0.15) is 11.9 Å². The monoisotopic (exact) mass is 251 g/mol. The molecule has 0 aromatic heterocycles. The second-order valence-corrected chi connectivity index (χ2v) is 3.94. The number of hydrogen-bond acceptors (Lipinski definition) is 5. The molecule has 0 unspecified atom stereocenters. The maximum atomic E-state index is 11.4. The largest absolute Gasteiger partial charge is 0.492 e. The molecule has 0 amide bonds. The molecule has 0 atom stereocenters. The summed E-state index contributed by atoms with van der Waals surface area (Å²) in [7, 11) is 1.86. The molecule has 0 radical (unpaired) electrons. The Labute approximate surface area is 106 Å². The number of ether oxygens (including phenoxy) is 1. The van der Waals surface area contributed by atoms with Crippen molar-refractivity contribution in [3.8, 4) is 6.07 Å². The van der Waals surface area contributed by atoms with Gasteiger partial charge in [-0.25, -0.2) is 4.79 Å². The summed E-state index contributed by atoms with van der Waals surface area (Å²) in [5.74, 6) is -0.740. The summed E-state index contributed by atoms with van der Waals surface area (Å²) in [4.78, 5) is 17.2. The molecule has 6 heteroatoms. The van der Waals surface area contributed by atoms with Crippen LogP contribution < -0.4 is 0 Å². The number of hydrogen-bond donors (Lipinski definition) is 1. The van der Waals surface area contributed by atoms with Crippen molar-refractivity contribution in [1.29, 1.82) is 5.26 Å². The van der Waals surface area contributed by atoms with E-state index in [1.807, 2.05) is 11.9 Å². The highest BCUT2D eigenvalue weighted by Crippen LogP contribution is 2.13. The molecule has 98 valence electrons. The van der Waals surface area contributed by atoms with E-state index in [4.69, 9.17) is 5.26 Å². The van der Waals surface area contributed by atoms with Crippen LogP contribution in [-0.4, -0.2) is 42.0 Å². The lowest BCUT2D eigenvalue weighted by Gasteiger charge is -2.25. The van der Waals surface area contributed by atoms with E-state index in [1.165, 1.54) is 0 Å². The van der Waals surface area contributed by atoms with Crippen LogP contribution in [0.15, 0.2) is 16.4 Å². The van der Waals surface area contributed by atoms with Gasteiger partial charge in [-0.15, -0.1) is 0 Å². The first-order valence-electron chi connectivity index (χ1n) is 5.89. The summed E-state index contributed by atoms with van der Waals surface area (Å²) < 4.78 is 4.67. The van der Waals surface area contributed by atoms with E-state index >= 15 is 0 Å². The zero-order valence-electron chi connectivity index (χ0n) is 10.6. The molecule has 1 aliphatic heterocycles. The number of aliphatic hydroxyl groups excluding tert-OH is 1. The summed E-state index contributed by atoms with van der Waals surface area (Å²) >= 11 is 0. The third-order valence-electron chi connectivity index (χ3n) is 2.63. The second kappa shape index (κ2) is 6.64. The Morgan fingerprint density at radius 1 is 1.61 bits per heavy atom. The average Bonchev–Trinajstić information content (AvgIpc) is 2.33. The van der Waals surface area contributed by atoms with E-state index in [1.54, 1.807) is 13.0 Å². The third kappa shape index (κ3) is 3.48. The van der Waals surface area contributed by atoms with Gasteiger partial charge in [-0.3, -0.25) is 0 Å². The van der Waals surface area contributed by atoms with Gasteiger partial charge in [0, 0.05) is 20.0 Å². The molecule has 1 heterocycles. The van der Waals surface area contributed by atoms with Gasteiger partial charge in [0.15, 0.2) is 5.57 Å². The second-order valence-electron chi connectivity index (χ2n) is 3.94. The molecule has 0 saturated carbocycles. The molecule has 0 spiro atoms. The standard InChI is InChI=1S/C12H17N3O3/c1-3-18-12(17)9(8-13)11(16)14-10-6-4-5-7-15(10)2/h16H,3-7H2,1-2H3/b11-9+,14-10+. The van der Waals surface area contributed by atoms with Crippen molar-refractivity contribution in [3.05, 3.63) is 11.5 Å². The smallest absolute Gasteiger partial charge is 0.354 e. The third-order valence-corrected chi connectivity index (χ3v) is 2.63. The molecule has 1 saturated heterocycles. The Kier molecular flexibility index (Phi) is 5.18. The zero-order valence-corrected chi connectivity index (χ0v) is 10.6. The normalized spacial score (nSPS) is 19.2. The SMILES string of the molecule is CCOC(=O)/C(C#N)=C(O)\N=C1/CCCCN1C. The number of nitrogens with zero attached hydrogens (tertiary/aromatic N) is 3. The zero-order chi connectivity index (χ0) is 13.5. The first-order chi connectivity index (χ1) is 8.60. The number of amidine groups is 1. The van der Waals surface area contributed by atoms with Crippen molar-refractivity contribution < 1.29 is 14.6 Å². The number of nitriles is 1. The van der Waals surface area contributed by atoms with E-state index < -0.39 is 17.4 Å². The van der Waals surface area contributed by atoms with Gasteiger partial charge in [-0.2, -0.15) is 10.3 Å². The van der Waals surface area contributed by atoms with Crippen LogP contribution in [0.25, 0.3) is 0 Å². The first-order valence-corrected chi connectivity index (χ1v) is 5.89. The Morgan fingerprint density at radius 2 is 2.33 bits per heavy atom. The quantitative estimate of drug-likeness (QED) is 0.354. The van der Waals surface area contributed by atoms with Gasteiger partial charge in [0.05, 0.1) is 6.61 Å². The van der Waals surface area contributed by atoms with E-state index in [0.717, 1.165) is 25.8 Å². The minimum absolute atomic E-state index is 0.147. The van der Waals surface area contributed by atoms with Crippen LogP contribution in [-0.2, 0) is 9.53 Å². The number of carbonyl (C=O) groups is 1. The predicted molar refractivity (Wildman–Crippen MR) is 65.8 cm³/mol. The lowest BCUT2D eigenvalue weighted by Crippen LogP contribution is -2.31. The fraction of sp³-hybridized carbons (Fsp3) is 0.583. The number of esters is 1. The van der Waals surface area contributed by atoms with Crippen molar-refractivity contribution in [2.24, 2.45) is 4.99 Å². The molecule has 18 heavy (non-hydrogen) atoms. The van der Waals surface area contributed by atoms with Crippen molar-refractivity contribution in [3.63, 3.8) is 0 Å². The fourth-order valence-corrected chi connectivity index (χ4v) is 1.66. The van der Waals surface area contributed by atoms with Crippen LogP contribution in [0.3, 0.4) is 0 Å². The Morgan fingerprint density at radius 3 is 2.89 bits per heavy atom. The highest BCUT2D eigenvalue weighted by atomic mass is 16.5. The van der Waals surface area contributed by atoms with Crippen molar-refractivity contribution >= 4 is 11.8 Å². The van der Waals surface area contributed by atoms with Crippen LogP contribution in [0, 0.1) is 11.3 Å². The summed E-state index contributed by atoms with van der Waals surface area (Å²) in [6.45, 7) is 2.63. The molecule has 0 bridgehead atoms. The van der Waals surface area contributed by atoms with Gasteiger partial charge in [0.25, 0.3) is 0 Å². The number of rotatable bonds is 3. The van der Waals surface area contributed by atoms with E-state index in [2.05, 4.69) is 9.73 Å². The highest BCUT2D eigenvalue weighted by Gasteiger charge is 2.18. The lowest BCUT2D eigenvalue weighted by molar-refractivity contribution is -0.138. The van der Waals surface area contributed by atoms with Gasteiger partial charge >= 0.3 is 5.97 Å². The van der Waals surface area contributed by atoms with Crippen LogP contribution in [0.2, 0.25) is 0 Å². The van der Waals surface area contributed by atoms with Gasteiger partial charge in [0.2, 0.25) is 5.88 Å². The molecule has 0 aromatic rings. The predicted octanol–water partition coefficient (Wildman–Crippen LogP) is 1.36. The number of carbonyl (C=O) groups excluding carboxylic acids is 1.